The van der Waals surface area contributed by atoms with Gasteiger partial charge >= 0.3 is 6.18 Å². The lowest BCUT2D eigenvalue weighted by Crippen LogP contribution is -2.45. The first-order valence-electron chi connectivity index (χ1n) is 10.4. The van der Waals surface area contributed by atoms with Crippen molar-refractivity contribution in [1.82, 2.24) is 5.32 Å². The first-order valence-corrected chi connectivity index (χ1v) is 10.4. The molecule has 0 bridgehead atoms. The molecule has 1 aliphatic carbocycles. The minimum Gasteiger partial charge on any atom is -0.491 e. The van der Waals surface area contributed by atoms with E-state index in [1.807, 2.05) is 24.3 Å². The lowest BCUT2D eigenvalue weighted by molar-refractivity contribution is -0.137. The summed E-state index contributed by atoms with van der Waals surface area (Å²) in [6.45, 7) is 0.153. The molecular weight excluding hydrogens is 409 g/mol. The third-order valence-electron chi connectivity index (χ3n) is 6.21. The fourth-order valence-electron chi connectivity index (χ4n) is 4.50. The lowest BCUT2D eigenvalue weighted by atomic mass is 9.69. The lowest BCUT2D eigenvalue weighted by Gasteiger charge is -2.36. The molecule has 1 heterocycles. The van der Waals surface area contributed by atoms with Crippen molar-refractivity contribution in [3.8, 4) is 5.75 Å². The average Bonchev–Trinajstić information content (AvgIpc) is 3.03. The van der Waals surface area contributed by atoms with Gasteiger partial charge in [-0.15, -0.1) is 0 Å². The molecular formula is C23H25F3N2O3. The van der Waals surface area contributed by atoms with Crippen LogP contribution < -0.4 is 15.4 Å². The van der Waals surface area contributed by atoms with E-state index in [0.29, 0.717) is 0 Å². The Morgan fingerprint density at radius 3 is 2.65 bits per heavy atom. The number of carbonyl (C=O) groups excluding carboxylic acids is 1. The van der Waals surface area contributed by atoms with Crippen LogP contribution >= 0.6 is 0 Å². The van der Waals surface area contributed by atoms with Crippen molar-refractivity contribution in [2.45, 2.75) is 49.4 Å². The van der Waals surface area contributed by atoms with Gasteiger partial charge in [0.05, 0.1) is 11.0 Å². The quantitative estimate of drug-likeness (QED) is 0.646. The highest BCUT2D eigenvalue weighted by atomic mass is 19.4. The highest BCUT2D eigenvalue weighted by molar-refractivity contribution is 6.06. The average molecular weight is 434 g/mol. The summed E-state index contributed by atoms with van der Waals surface area (Å²) in [5.41, 5.74) is 0.695. The van der Waals surface area contributed by atoms with E-state index in [2.05, 4.69) is 10.6 Å². The van der Waals surface area contributed by atoms with E-state index in [4.69, 9.17) is 4.74 Å². The molecule has 0 aromatic heterocycles. The molecule has 2 aromatic rings. The summed E-state index contributed by atoms with van der Waals surface area (Å²) in [7, 11) is 0. The van der Waals surface area contributed by atoms with Crippen LogP contribution in [0.2, 0.25) is 0 Å². The Morgan fingerprint density at radius 2 is 1.90 bits per heavy atom. The molecule has 31 heavy (non-hydrogen) atoms. The van der Waals surface area contributed by atoms with Crippen molar-refractivity contribution in [3.63, 3.8) is 0 Å². The molecule has 1 saturated carbocycles. The van der Waals surface area contributed by atoms with Gasteiger partial charge in [-0.3, -0.25) is 4.79 Å². The minimum atomic E-state index is -4.44. The normalized spacial score (nSPS) is 24.0. The van der Waals surface area contributed by atoms with Crippen LogP contribution in [0.15, 0.2) is 48.5 Å². The van der Waals surface area contributed by atoms with E-state index in [9.17, 15) is 23.1 Å². The van der Waals surface area contributed by atoms with Crippen molar-refractivity contribution in [2.75, 3.05) is 18.5 Å². The monoisotopic (exact) mass is 434 g/mol. The topological polar surface area (TPSA) is 70.6 Å². The smallest absolute Gasteiger partial charge is 0.416 e. The van der Waals surface area contributed by atoms with E-state index in [1.165, 1.54) is 12.1 Å². The van der Waals surface area contributed by atoms with Crippen LogP contribution in [0.5, 0.6) is 5.75 Å². The van der Waals surface area contributed by atoms with Gasteiger partial charge in [-0.2, -0.15) is 13.2 Å². The van der Waals surface area contributed by atoms with Crippen LogP contribution in [0.25, 0.3) is 0 Å². The molecule has 1 aliphatic heterocycles. The standard InChI is InChI=1S/C23H25F3N2O3/c24-23(25,26)15-4-3-5-18(12-15)31-14-17(29)13-27-16-8-10-22(11-9-16)19-6-1-2-7-20(19)28-21(22)30/h1-7,12,16-17,27,29H,8-11,13-14H2,(H,28,30). The maximum atomic E-state index is 12.8. The van der Waals surface area contributed by atoms with Gasteiger partial charge in [-0.1, -0.05) is 24.3 Å². The van der Waals surface area contributed by atoms with Gasteiger partial charge in [0.2, 0.25) is 5.91 Å². The highest BCUT2D eigenvalue weighted by Gasteiger charge is 2.48. The van der Waals surface area contributed by atoms with Gasteiger partial charge < -0.3 is 20.5 Å². The zero-order valence-corrected chi connectivity index (χ0v) is 16.9. The summed E-state index contributed by atoms with van der Waals surface area (Å²) in [4.78, 5) is 12.6. The molecule has 166 valence electrons. The van der Waals surface area contributed by atoms with Gasteiger partial charge in [0, 0.05) is 18.3 Å². The van der Waals surface area contributed by atoms with Crippen LogP contribution in [-0.2, 0) is 16.4 Å². The fourth-order valence-corrected chi connectivity index (χ4v) is 4.50. The number of nitrogens with one attached hydrogen (secondary N) is 2. The van der Waals surface area contributed by atoms with Gasteiger partial charge in [0.25, 0.3) is 0 Å². The second-order valence-corrected chi connectivity index (χ2v) is 8.25. The first kappa shape index (κ1) is 21.6. The summed E-state index contributed by atoms with van der Waals surface area (Å²) in [5.74, 6) is 0.126. The molecule has 1 unspecified atom stereocenters. The maximum Gasteiger partial charge on any atom is 0.416 e. The molecule has 1 atom stereocenters. The van der Waals surface area contributed by atoms with E-state index in [1.54, 1.807) is 0 Å². The number of aliphatic hydroxyl groups is 1. The SMILES string of the molecule is O=C1Nc2ccccc2C12CCC(NCC(O)COc1cccc(C(F)(F)F)c1)CC2. The molecule has 0 saturated heterocycles. The Labute approximate surface area is 178 Å². The van der Waals surface area contributed by atoms with Gasteiger partial charge in [0.1, 0.15) is 18.5 Å². The van der Waals surface area contributed by atoms with Crippen LogP contribution in [0.4, 0.5) is 18.9 Å². The Balaban J connectivity index is 1.25. The number of aliphatic hydroxyl groups excluding tert-OH is 1. The van der Waals surface area contributed by atoms with E-state index in [-0.39, 0.29) is 30.9 Å². The molecule has 4 rings (SSSR count). The van der Waals surface area contributed by atoms with Crippen LogP contribution in [0, 0.1) is 0 Å². The zero-order valence-electron chi connectivity index (χ0n) is 16.9. The maximum absolute atomic E-state index is 12.8. The molecule has 3 N–H and O–H groups in total. The number of ether oxygens (including phenoxy) is 1. The highest BCUT2D eigenvalue weighted by Crippen LogP contribution is 2.47. The summed E-state index contributed by atoms with van der Waals surface area (Å²) >= 11 is 0. The van der Waals surface area contributed by atoms with E-state index >= 15 is 0 Å². The zero-order chi connectivity index (χ0) is 22.1. The van der Waals surface area contributed by atoms with Crippen molar-refractivity contribution >= 4 is 11.6 Å². The number of benzene rings is 2. The molecule has 5 nitrogen and oxygen atoms in total. The van der Waals surface area contributed by atoms with Crippen molar-refractivity contribution < 1.29 is 27.8 Å². The van der Waals surface area contributed by atoms with Gasteiger partial charge in [-0.05, 0) is 55.5 Å². The second kappa shape index (κ2) is 8.51. The molecule has 1 fully saturated rings. The number of anilines is 1. The van der Waals surface area contributed by atoms with Gasteiger partial charge in [0.15, 0.2) is 0 Å². The molecule has 1 amide bonds. The third-order valence-corrected chi connectivity index (χ3v) is 6.21. The van der Waals surface area contributed by atoms with Crippen molar-refractivity contribution in [3.05, 3.63) is 59.7 Å². The van der Waals surface area contributed by atoms with Gasteiger partial charge in [-0.25, -0.2) is 0 Å². The summed E-state index contributed by atoms with van der Waals surface area (Å²) in [6, 6.07) is 12.6. The molecule has 8 heteroatoms. The molecule has 2 aromatic carbocycles. The summed E-state index contributed by atoms with van der Waals surface area (Å²) in [6.07, 6.45) is -2.25. The molecule has 0 radical (unpaired) electrons. The van der Waals surface area contributed by atoms with Crippen LogP contribution in [-0.4, -0.2) is 36.3 Å². The number of carbonyl (C=O) groups is 1. The number of fused-ring (bicyclic) bond motifs is 2. The van der Waals surface area contributed by atoms with Crippen LogP contribution in [0.1, 0.15) is 36.8 Å². The minimum absolute atomic E-state index is 0.0571. The number of rotatable bonds is 6. The largest absolute Gasteiger partial charge is 0.491 e. The summed E-state index contributed by atoms with van der Waals surface area (Å²) < 4.78 is 43.6. The first-order chi connectivity index (χ1) is 14.8. The number of para-hydroxylation sites is 1. The number of alkyl halides is 3. The summed E-state index contributed by atoms with van der Waals surface area (Å²) in [5, 5.41) is 16.5. The van der Waals surface area contributed by atoms with Crippen molar-refractivity contribution in [1.29, 1.82) is 0 Å². The number of hydrogen-bond acceptors (Lipinski definition) is 4. The predicted molar refractivity (Wildman–Crippen MR) is 110 cm³/mol. The molecule has 2 aliphatic rings. The predicted octanol–water partition coefficient (Wildman–Crippen LogP) is 3.87. The van der Waals surface area contributed by atoms with Crippen LogP contribution in [0.3, 0.4) is 0 Å². The van der Waals surface area contributed by atoms with Crippen molar-refractivity contribution in [2.24, 2.45) is 0 Å². The Bertz CT molecular complexity index is 940. The van der Waals surface area contributed by atoms with E-state index in [0.717, 1.165) is 49.1 Å². The number of halogens is 3. The number of hydrogen-bond donors (Lipinski definition) is 3. The Hall–Kier alpha value is -2.58. The third kappa shape index (κ3) is 4.55. The second-order valence-electron chi connectivity index (χ2n) is 8.25. The Morgan fingerprint density at radius 1 is 1.16 bits per heavy atom. The Kier molecular flexibility index (Phi) is 5.94. The van der Waals surface area contributed by atoms with E-state index < -0.39 is 23.3 Å². The fraction of sp³-hybridized carbons (Fsp3) is 0.435. The number of amides is 1. The molecule has 1 spiro atoms.